The van der Waals surface area contributed by atoms with Gasteiger partial charge in [0.15, 0.2) is 0 Å². The van der Waals surface area contributed by atoms with Gasteiger partial charge in [-0.05, 0) is 109 Å². The van der Waals surface area contributed by atoms with Crippen LogP contribution in [0.1, 0.15) is 104 Å². The molecule has 4 saturated carbocycles. The Hall–Kier alpha value is -0.950. The summed E-state index contributed by atoms with van der Waals surface area (Å²) in [5.74, 6) is 3.72. The summed E-state index contributed by atoms with van der Waals surface area (Å²) in [4.78, 5) is 0. The van der Waals surface area contributed by atoms with Gasteiger partial charge in [-0.3, -0.25) is 0 Å². The maximum absolute atomic E-state index is 12.9. The normalized spacial score (nSPS) is 41.5. The van der Waals surface area contributed by atoms with Gasteiger partial charge in [-0.25, -0.2) is 12.7 Å². The highest BCUT2D eigenvalue weighted by molar-refractivity contribution is 7.89. The van der Waals surface area contributed by atoms with E-state index in [4.69, 9.17) is 0 Å². The summed E-state index contributed by atoms with van der Waals surface area (Å²) in [7, 11) is -1.57. The van der Waals surface area contributed by atoms with Crippen molar-refractivity contribution < 1.29 is 18.6 Å². The molecule has 232 valence electrons. The Labute approximate surface area is 250 Å². The van der Waals surface area contributed by atoms with Crippen molar-refractivity contribution in [2.75, 3.05) is 12.8 Å². The zero-order valence-electron chi connectivity index (χ0n) is 26.3. The lowest BCUT2D eigenvalue weighted by atomic mass is 9.41. The van der Waals surface area contributed by atoms with E-state index in [0.29, 0.717) is 54.4 Å². The molecule has 0 radical (unpaired) electrons. The van der Waals surface area contributed by atoms with E-state index < -0.39 is 10.0 Å². The van der Waals surface area contributed by atoms with E-state index in [2.05, 4.69) is 27.7 Å². The zero-order chi connectivity index (χ0) is 29.6. The summed E-state index contributed by atoms with van der Waals surface area (Å²) in [6.07, 6.45) is 11.1. The number of aliphatic hydroxyl groups excluding tert-OH is 2. The average Bonchev–Trinajstić information content (AvgIpc) is 3.30. The first-order valence-electron chi connectivity index (χ1n) is 16.8. The standard InChI is InChI=1S/C35H57NO4S/c1-6-27-31-22-26(37)17-19-35(31,4)30-18-20-34(3)28(15-16-29(34)32(30)33(27)38)24(2)12-10-11-21-41(39,40)36(5)23-25-13-8-7-9-14-25/h7-9,13-14,24,26-33,37-38H,6,10-12,15-23H2,1-5H3/t24-,26-,27-,28-,29+,30+,31+,32+,33-,34-,35-/m1/s1. The highest BCUT2D eigenvalue weighted by Gasteiger charge is 2.64. The molecule has 0 unspecified atom stereocenters. The second-order valence-corrected chi connectivity index (χ2v) is 17.3. The van der Waals surface area contributed by atoms with Gasteiger partial charge < -0.3 is 10.2 Å². The minimum Gasteiger partial charge on any atom is -0.393 e. The largest absolute Gasteiger partial charge is 0.393 e. The van der Waals surface area contributed by atoms with Crippen LogP contribution < -0.4 is 0 Å². The quantitative estimate of drug-likeness (QED) is 0.293. The lowest BCUT2D eigenvalue weighted by Gasteiger charge is -2.64. The maximum atomic E-state index is 12.9. The molecule has 4 fully saturated rings. The molecular weight excluding hydrogens is 530 g/mol. The number of unbranched alkanes of at least 4 members (excludes halogenated alkanes) is 1. The van der Waals surface area contributed by atoms with Crippen molar-refractivity contribution in [1.29, 1.82) is 0 Å². The molecule has 0 aromatic heterocycles. The monoisotopic (exact) mass is 587 g/mol. The van der Waals surface area contributed by atoms with Crippen LogP contribution in [0.5, 0.6) is 0 Å². The SMILES string of the molecule is CC[C@H]1[C@@H](O)[C@@H]2[C@H](CC[C@]3(C)[C@@H]([C@H](C)CCCCS(=O)(=O)N(C)Cc4ccccc4)CC[C@@H]23)[C@@]2(C)CC[C@@H](O)C[C@@H]12. The molecule has 0 bridgehead atoms. The number of aliphatic hydroxyl groups is 2. The number of rotatable bonds is 10. The van der Waals surface area contributed by atoms with Crippen molar-refractivity contribution >= 4 is 10.0 Å². The van der Waals surface area contributed by atoms with Gasteiger partial charge in [-0.1, -0.05) is 77.3 Å². The summed E-state index contributed by atoms with van der Waals surface area (Å²) in [5, 5.41) is 22.5. The highest BCUT2D eigenvalue weighted by atomic mass is 32.2. The summed E-state index contributed by atoms with van der Waals surface area (Å²) in [6.45, 7) is 10.1. The second-order valence-electron chi connectivity index (χ2n) is 15.2. The minimum atomic E-state index is -3.26. The molecule has 4 aliphatic carbocycles. The van der Waals surface area contributed by atoms with Crippen LogP contribution in [-0.2, 0) is 16.6 Å². The van der Waals surface area contributed by atoms with Crippen LogP contribution in [-0.4, -0.2) is 47.9 Å². The number of sulfonamides is 1. The number of nitrogens with zero attached hydrogens (tertiary/aromatic N) is 1. The van der Waals surface area contributed by atoms with Crippen LogP contribution in [0.4, 0.5) is 0 Å². The number of hydrogen-bond acceptors (Lipinski definition) is 4. The molecule has 11 atom stereocenters. The molecule has 1 aromatic carbocycles. The molecule has 0 amide bonds. The van der Waals surface area contributed by atoms with Crippen molar-refractivity contribution in [3.63, 3.8) is 0 Å². The number of fused-ring (bicyclic) bond motifs is 5. The smallest absolute Gasteiger partial charge is 0.214 e. The third-order valence-corrected chi connectivity index (χ3v) is 15.1. The van der Waals surface area contributed by atoms with Crippen LogP contribution >= 0.6 is 0 Å². The summed E-state index contributed by atoms with van der Waals surface area (Å²) < 4.78 is 27.4. The molecule has 41 heavy (non-hydrogen) atoms. The van der Waals surface area contributed by atoms with Gasteiger partial charge in [0.2, 0.25) is 10.0 Å². The fraction of sp³-hybridized carbons (Fsp3) is 0.829. The first-order chi connectivity index (χ1) is 19.4. The van der Waals surface area contributed by atoms with Gasteiger partial charge in [0.25, 0.3) is 0 Å². The van der Waals surface area contributed by atoms with Crippen LogP contribution in [0.25, 0.3) is 0 Å². The van der Waals surface area contributed by atoms with E-state index in [9.17, 15) is 18.6 Å². The third-order valence-electron chi connectivity index (χ3n) is 13.2. The molecule has 2 N–H and O–H groups in total. The second kappa shape index (κ2) is 12.2. The Morgan fingerprint density at radius 2 is 1.63 bits per heavy atom. The first kappa shape index (κ1) is 31.5. The summed E-state index contributed by atoms with van der Waals surface area (Å²) in [6, 6.07) is 9.81. The Bertz CT molecular complexity index is 1130. The van der Waals surface area contributed by atoms with E-state index in [1.807, 2.05) is 30.3 Å². The summed E-state index contributed by atoms with van der Waals surface area (Å²) in [5.41, 5.74) is 1.53. The van der Waals surface area contributed by atoms with E-state index in [1.54, 1.807) is 7.05 Å². The van der Waals surface area contributed by atoms with Crippen molar-refractivity contribution in [3.05, 3.63) is 35.9 Å². The molecule has 1 aromatic rings. The maximum Gasteiger partial charge on any atom is 0.214 e. The van der Waals surface area contributed by atoms with Crippen LogP contribution in [0, 0.1) is 52.3 Å². The molecule has 0 saturated heterocycles. The van der Waals surface area contributed by atoms with E-state index in [0.717, 1.165) is 44.1 Å². The Morgan fingerprint density at radius 1 is 0.951 bits per heavy atom. The number of benzene rings is 1. The molecule has 4 aliphatic rings. The van der Waals surface area contributed by atoms with Crippen LogP contribution in [0.15, 0.2) is 30.3 Å². The molecule has 0 aliphatic heterocycles. The Balaban J connectivity index is 1.19. The fourth-order valence-electron chi connectivity index (χ4n) is 11.0. The van der Waals surface area contributed by atoms with Gasteiger partial charge in [-0.2, -0.15) is 0 Å². The van der Waals surface area contributed by atoms with E-state index >= 15 is 0 Å². The predicted molar refractivity (Wildman–Crippen MR) is 166 cm³/mol. The molecular formula is C35H57NO4S. The van der Waals surface area contributed by atoms with Gasteiger partial charge >= 0.3 is 0 Å². The highest BCUT2D eigenvalue weighted by Crippen LogP contribution is 2.69. The van der Waals surface area contributed by atoms with Crippen molar-refractivity contribution in [2.24, 2.45) is 52.3 Å². The zero-order valence-corrected chi connectivity index (χ0v) is 27.2. The molecule has 5 rings (SSSR count). The third kappa shape index (κ3) is 5.81. The van der Waals surface area contributed by atoms with E-state index in [1.165, 1.54) is 30.0 Å². The van der Waals surface area contributed by atoms with Gasteiger partial charge in [0, 0.05) is 13.6 Å². The Morgan fingerprint density at radius 3 is 2.34 bits per heavy atom. The van der Waals surface area contributed by atoms with Gasteiger partial charge in [0.05, 0.1) is 18.0 Å². The lowest BCUT2D eigenvalue weighted by Crippen LogP contribution is -2.62. The van der Waals surface area contributed by atoms with Crippen molar-refractivity contribution in [3.8, 4) is 0 Å². The van der Waals surface area contributed by atoms with Crippen LogP contribution in [0.2, 0.25) is 0 Å². The first-order valence-corrected chi connectivity index (χ1v) is 18.4. The molecule has 0 spiro atoms. The molecule has 6 heteroatoms. The van der Waals surface area contributed by atoms with Gasteiger partial charge in [0.1, 0.15) is 0 Å². The fourth-order valence-corrected chi connectivity index (χ4v) is 12.2. The average molecular weight is 588 g/mol. The molecule has 0 heterocycles. The van der Waals surface area contributed by atoms with Crippen molar-refractivity contribution in [2.45, 2.75) is 117 Å². The minimum absolute atomic E-state index is 0.198. The topological polar surface area (TPSA) is 77.8 Å². The number of hydrogen-bond donors (Lipinski definition) is 2. The molecule has 5 nitrogen and oxygen atoms in total. The lowest BCUT2D eigenvalue weighted by molar-refractivity contribution is -0.203. The van der Waals surface area contributed by atoms with Crippen LogP contribution in [0.3, 0.4) is 0 Å². The van der Waals surface area contributed by atoms with Crippen molar-refractivity contribution in [1.82, 2.24) is 4.31 Å². The summed E-state index contributed by atoms with van der Waals surface area (Å²) >= 11 is 0. The van der Waals surface area contributed by atoms with Gasteiger partial charge in [-0.15, -0.1) is 0 Å². The predicted octanol–water partition coefficient (Wildman–Crippen LogP) is 6.88. The van der Waals surface area contributed by atoms with E-state index in [-0.39, 0.29) is 28.8 Å². The Kier molecular flexibility index (Phi) is 9.37.